The average molecular weight is 177 g/mol. The smallest absolute Gasteiger partial charge is 0.127 e. The molecule has 1 fully saturated rings. The predicted octanol–water partition coefficient (Wildman–Crippen LogP) is 2.09. The number of pyridine rings is 1. The second kappa shape index (κ2) is 3.64. The minimum atomic E-state index is 0.705. The highest BCUT2D eigenvalue weighted by Crippen LogP contribution is 2.25. The molecule has 0 unspecified atom stereocenters. The molecule has 1 aromatic rings. The first kappa shape index (κ1) is 8.35. The monoisotopic (exact) mass is 177 g/mol. The Morgan fingerprint density at radius 1 is 1.54 bits per heavy atom. The second-order valence-corrected chi connectivity index (χ2v) is 3.38. The predicted molar refractivity (Wildman–Crippen MR) is 55.0 cm³/mol. The molecule has 0 bridgehead atoms. The largest absolute Gasteiger partial charge is 0.382 e. The van der Waals surface area contributed by atoms with E-state index in [0.717, 1.165) is 12.4 Å². The Morgan fingerprint density at radius 2 is 2.38 bits per heavy atom. The summed E-state index contributed by atoms with van der Waals surface area (Å²) >= 11 is 0. The van der Waals surface area contributed by atoms with Gasteiger partial charge in [-0.1, -0.05) is 0 Å². The Hall–Kier alpha value is -1.25. The lowest BCUT2D eigenvalue weighted by molar-refractivity contribution is 1.13. The summed E-state index contributed by atoms with van der Waals surface area (Å²) in [5.74, 6) is 0.952. The van der Waals surface area contributed by atoms with Gasteiger partial charge in [0, 0.05) is 30.5 Å². The maximum Gasteiger partial charge on any atom is 0.127 e. The van der Waals surface area contributed by atoms with E-state index >= 15 is 0 Å². The molecular formula is C10H15N3. The molecule has 1 aromatic heterocycles. The maximum atomic E-state index is 4.21. The van der Waals surface area contributed by atoms with Gasteiger partial charge >= 0.3 is 0 Å². The highest BCUT2D eigenvalue weighted by atomic mass is 15.0. The van der Waals surface area contributed by atoms with E-state index in [2.05, 4.69) is 28.6 Å². The third-order valence-corrected chi connectivity index (χ3v) is 2.07. The van der Waals surface area contributed by atoms with Crippen molar-refractivity contribution in [2.24, 2.45) is 0 Å². The molecule has 2 rings (SSSR count). The van der Waals surface area contributed by atoms with E-state index in [1.807, 2.05) is 12.3 Å². The van der Waals surface area contributed by atoms with Gasteiger partial charge in [-0.05, 0) is 25.8 Å². The normalized spacial score (nSPS) is 15.5. The van der Waals surface area contributed by atoms with Crippen molar-refractivity contribution in [1.29, 1.82) is 0 Å². The number of anilines is 2. The SMILES string of the molecule is CCNc1cc(NC2CC2)ccn1. The van der Waals surface area contributed by atoms with Crippen LogP contribution in [0.5, 0.6) is 0 Å². The number of rotatable bonds is 4. The third-order valence-electron chi connectivity index (χ3n) is 2.07. The second-order valence-electron chi connectivity index (χ2n) is 3.38. The molecule has 0 spiro atoms. The van der Waals surface area contributed by atoms with Gasteiger partial charge < -0.3 is 10.6 Å². The van der Waals surface area contributed by atoms with Crippen molar-refractivity contribution in [3.05, 3.63) is 18.3 Å². The summed E-state index contributed by atoms with van der Waals surface area (Å²) in [5.41, 5.74) is 1.17. The van der Waals surface area contributed by atoms with Crippen molar-refractivity contribution in [2.75, 3.05) is 17.2 Å². The van der Waals surface area contributed by atoms with E-state index < -0.39 is 0 Å². The Bertz CT molecular complexity index is 281. The molecule has 2 N–H and O–H groups in total. The molecule has 0 atom stereocenters. The summed E-state index contributed by atoms with van der Waals surface area (Å²) in [6, 6.07) is 4.78. The first-order valence-corrected chi connectivity index (χ1v) is 4.85. The Morgan fingerprint density at radius 3 is 3.08 bits per heavy atom. The lowest BCUT2D eigenvalue weighted by atomic mass is 10.3. The highest BCUT2D eigenvalue weighted by molar-refractivity contribution is 5.52. The van der Waals surface area contributed by atoms with E-state index in [1.165, 1.54) is 18.5 Å². The van der Waals surface area contributed by atoms with E-state index in [4.69, 9.17) is 0 Å². The van der Waals surface area contributed by atoms with Crippen LogP contribution in [0.2, 0.25) is 0 Å². The minimum absolute atomic E-state index is 0.705. The molecule has 0 amide bonds. The fraction of sp³-hybridized carbons (Fsp3) is 0.500. The van der Waals surface area contributed by atoms with Gasteiger partial charge in [0.1, 0.15) is 5.82 Å². The standard InChI is InChI=1S/C10H15N3/c1-2-11-10-7-9(5-6-12-10)13-8-3-4-8/h5-8H,2-4H2,1H3,(H2,11,12,13). The average Bonchev–Trinajstić information content (AvgIpc) is 2.90. The van der Waals surface area contributed by atoms with Crippen LogP contribution < -0.4 is 10.6 Å². The Labute approximate surface area is 78.6 Å². The molecule has 1 heterocycles. The van der Waals surface area contributed by atoms with Gasteiger partial charge in [-0.15, -0.1) is 0 Å². The zero-order chi connectivity index (χ0) is 9.10. The molecular weight excluding hydrogens is 162 g/mol. The van der Waals surface area contributed by atoms with Crippen molar-refractivity contribution in [1.82, 2.24) is 4.98 Å². The molecule has 1 aliphatic carbocycles. The molecule has 0 aliphatic heterocycles. The molecule has 0 saturated heterocycles. The van der Waals surface area contributed by atoms with Crippen LogP contribution >= 0.6 is 0 Å². The van der Waals surface area contributed by atoms with Gasteiger partial charge in [0.15, 0.2) is 0 Å². The van der Waals surface area contributed by atoms with E-state index in [9.17, 15) is 0 Å². The van der Waals surface area contributed by atoms with Crippen LogP contribution in [0.1, 0.15) is 19.8 Å². The highest BCUT2D eigenvalue weighted by Gasteiger charge is 2.20. The van der Waals surface area contributed by atoms with Crippen LogP contribution in [-0.4, -0.2) is 17.6 Å². The first-order valence-electron chi connectivity index (χ1n) is 4.85. The lowest BCUT2D eigenvalue weighted by Crippen LogP contribution is -2.03. The lowest BCUT2D eigenvalue weighted by Gasteiger charge is -2.06. The van der Waals surface area contributed by atoms with Crippen molar-refractivity contribution >= 4 is 11.5 Å². The minimum Gasteiger partial charge on any atom is -0.382 e. The molecule has 13 heavy (non-hydrogen) atoms. The Balaban J connectivity index is 2.02. The number of nitrogens with zero attached hydrogens (tertiary/aromatic N) is 1. The third kappa shape index (κ3) is 2.34. The van der Waals surface area contributed by atoms with Crippen molar-refractivity contribution in [2.45, 2.75) is 25.8 Å². The molecule has 1 saturated carbocycles. The quantitative estimate of drug-likeness (QED) is 0.739. The van der Waals surface area contributed by atoms with Crippen LogP contribution in [0.25, 0.3) is 0 Å². The number of nitrogens with one attached hydrogen (secondary N) is 2. The van der Waals surface area contributed by atoms with Crippen LogP contribution in [0.3, 0.4) is 0 Å². The summed E-state index contributed by atoms with van der Waals surface area (Å²) < 4.78 is 0. The number of hydrogen-bond donors (Lipinski definition) is 2. The van der Waals surface area contributed by atoms with E-state index in [-0.39, 0.29) is 0 Å². The van der Waals surface area contributed by atoms with Crippen LogP contribution in [0.15, 0.2) is 18.3 Å². The first-order chi connectivity index (χ1) is 6.38. The van der Waals surface area contributed by atoms with Crippen molar-refractivity contribution < 1.29 is 0 Å². The zero-order valence-corrected chi connectivity index (χ0v) is 7.88. The summed E-state index contributed by atoms with van der Waals surface area (Å²) in [6.07, 6.45) is 4.44. The van der Waals surface area contributed by atoms with Gasteiger partial charge in [-0.3, -0.25) is 0 Å². The molecule has 1 aliphatic rings. The van der Waals surface area contributed by atoms with Crippen LogP contribution in [-0.2, 0) is 0 Å². The summed E-state index contributed by atoms with van der Waals surface area (Å²) in [5, 5.41) is 6.63. The van der Waals surface area contributed by atoms with Gasteiger partial charge in [0.25, 0.3) is 0 Å². The van der Waals surface area contributed by atoms with Gasteiger partial charge in [-0.2, -0.15) is 0 Å². The van der Waals surface area contributed by atoms with Crippen molar-refractivity contribution in [3.63, 3.8) is 0 Å². The molecule has 3 heteroatoms. The van der Waals surface area contributed by atoms with Gasteiger partial charge in [0.05, 0.1) is 0 Å². The zero-order valence-electron chi connectivity index (χ0n) is 7.88. The van der Waals surface area contributed by atoms with E-state index in [1.54, 1.807) is 0 Å². The van der Waals surface area contributed by atoms with Crippen LogP contribution in [0, 0.1) is 0 Å². The Kier molecular flexibility index (Phi) is 2.34. The number of hydrogen-bond acceptors (Lipinski definition) is 3. The topological polar surface area (TPSA) is 37.0 Å². The fourth-order valence-corrected chi connectivity index (χ4v) is 1.26. The molecule has 3 nitrogen and oxygen atoms in total. The fourth-order valence-electron chi connectivity index (χ4n) is 1.26. The maximum absolute atomic E-state index is 4.21. The summed E-state index contributed by atoms with van der Waals surface area (Å²) in [6.45, 7) is 2.99. The van der Waals surface area contributed by atoms with Gasteiger partial charge in [-0.25, -0.2) is 4.98 Å². The van der Waals surface area contributed by atoms with Gasteiger partial charge in [0.2, 0.25) is 0 Å². The summed E-state index contributed by atoms with van der Waals surface area (Å²) in [7, 11) is 0. The summed E-state index contributed by atoms with van der Waals surface area (Å²) in [4.78, 5) is 4.21. The van der Waals surface area contributed by atoms with Crippen molar-refractivity contribution in [3.8, 4) is 0 Å². The number of aromatic nitrogens is 1. The van der Waals surface area contributed by atoms with E-state index in [0.29, 0.717) is 6.04 Å². The molecule has 0 aromatic carbocycles. The molecule has 0 radical (unpaired) electrons. The van der Waals surface area contributed by atoms with Crippen LogP contribution in [0.4, 0.5) is 11.5 Å². The molecule has 70 valence electrons.